The van der Waals surface area contributed by atoms with E-state index in [2.05, 4.69) is 5.32 Å². The van der Waals surface area contributed by atoms with Crippen LogP contribution in [0.3, 0.4) is 0 Å². The molecule has 0 spiro atoms. The summed E-state index contributed by atoms with van der Waals surface area (Å²) in [5.41, 5.74) is 0.680. The normalized spacial score (nSPS) is 19.0. The maximum Gasteiger partial charge on any atom is 0.231 e. The molecule has 6 nitrogen and oxygen atoms in total. The Kier molecular flexibility index (Phi) is 4.62. The third-order valence-corrected chi connectivity index (χ3v) is 4.95. The first kappa shape index (κ1) is 18.2. The van der Waals surface area contributed by atoms with Gasteiger partial charge in [0.1, 0.15) is 11.6 Å². The first-order valence-corrected chi connectivity index (χ1v) is 8.87. The molecule has 0 radical (unpaired) electrons. The zero-order valence-electron chi connectivity index (χ0n) is 15.1. The predicted octanol–water partition coefficient (Wildman–Crippen LogP) is 2.92. The topological polar surface area (TPSA) is 67.9 Å². The minimum Gasteiger partial charge on any atom is -0.454 e. The van der Waals surface area contributed by atoms with Gasteiger partial charge in [-0.15, -0.1) is 0 Å². The zero-order chi connectivity index (χ0) is 19.8. The highest BCUT2D eigenvalue weighted by molar-refractivity contribution is 6.00. The molecule has 2 heterocycles. The van der Waals surface area contributed by atoms with E-state index in [9.17, 15) is 18.4 Å². The molecule has 4 rings (SSSR count). The molecule has 0 aromatic heterocycles. The SMILES string of the molecule is CC(NC(=O)C1CC(=O)N(c2ccc3c(c2)OCO3)C1)c1cc(F)ccc1F. The molecule has 2 aliphatic rings. The molecule has 2 atom stereocenters. The molecule has 1 fully saturated rings. The number of hydrogen-bond donors (Lipinski definition) is 1. The fraction of sp³-hybridized carbons (Fsp3) is 0.300. The summed E-state index contributed by atoms with van der Waals surface area (Å²) in [6.07, 6.45) is 0.0403. The molecule has 28 heavy (non-hydrogen) atoms. The number of benzene rings is 2. The average molecular weight is 388 g/mol. The fourth-order valence-electron chi connectivity index (χ4n) is 3.44. The van der Waals surface area contributed by atoms with Crippen LogP contribution in [0.2, 0.25) is 0 Å². The van der Waals surface area contributed by atoms with Gasteiger partial charge < -0.3 is 19.7 Å². The quantitative estimate of drug-likeness (QED) is 0.875. The molecule has 2 aromatic rings. The van der Waals surface area contributed by atoms with Crippen molar-refractivity contribution in [1.29, 1.82) is 0 Å². The van der Waals surface area contributed by atoms with Crippen LogP contribution in [-0.2, 0) is 9.59 Å². The summed E-state index contributed by atoms with van der Waals surface area (Å²) in [4.78, 5) is 26.5. The molecule has 2 aliphatic heterocycles. The van der Waals surface area contributed by atoms with E-state index in [1.54, 1.807) is 25.1 Å². The van der Waals surface area contributed by atoms with Crippen LogP contribution < -0.4 is 19.7 Å². The van der Waals surface area contributed by atoms with E-state index in [0.29, 0.717) is 17.2 Å². The van der Waals surface area contributed by atoms with Gasteiger partial charge in [-0.2, -0.15) is 0 Å². The summed E-state index contributed by atoms with van der Waals surface area (Å²) < 4.78 is 37.9. The summed E-state index contributed by atoms with van der Waals surface area (Å²) in [5, 5.41) is 2.67. The van der Waals surface area contributed by atoms with E-state index < -0.39 is 23.6 Å². The van der Waals surface area contributed by atoms with Gasteiger partial charge in [0.25, 0.3) is 0 Å². The highest BCUT2D eigenvalue weighted by Gasteiger charge is 2.36. The molecular weight excluding hydrogens is 370 g/mol. The highest BCUT2D eigenvalue weighted by Crippen LogP contribution is 2.37. The number of anilines is 1. The van der Waals surface area contributed by atoms with E-state index in [1.807, 2.05) is 0 Å². The third kappa shape index (κ3) is 3.37. The Morgan fingerprint density at radius 3 is 2.79 bits per heavy atom. The molecule has 0 aliphatic carbocycles. The number of carbonyl (C=O) groups excluding carboxylic acids is 2. The Labute approximate surface area is 160 Å². The standard InChI is InChI=1S/C20H18F2N2O4/c1-11(15-7-13(21)2-4-16(15)22)23-20(26)12-6-19(25)24(9-12)14-3-5-17-18(8-14)28-10-27-17/h2-5,7-8,11-12H,6,9-10H2,1H3,(H,23,26). The van der Waals surface area contributed by atoms with Gasteiger partial charge in [0.2, 0.25) is 18.6 Å². The lowest BCUT2D eigenvalue weighted by atomic mass is 10.0. The van der Waals surface area contributed by atoms with Gasteiger partial charge in [0.15, 0.2) is 11.5 Å². The van der Waals surface area contributed by atoms with Crippen molar-refractivity contribution in [2.24, 2.45) is 5.92 Å². The third-order valence-electron chi connectivity index (χ3n) is 4.95. The lowest BCUT2D eigenvalue weighted by molar-refractivity contribution is -0.126. The number of halogens is 2. The second kappa shape index (κ2) is 7.10. The molecular formula is C20H18F2N2O4. The first-order chi connectivity index (χ1) is 13.4. The summed E-state index contributed by atoms with van der Waals surface area (Å²) in [6.45, 7) is 1.90. The molecule has 2 aromatic carbocycles. The van der Waals surface area contributed by atoms with Crippen molar-refractivity contribution >= 4 is 17.5 Å². The van der Waals surface area contributed by atoms with Crippen molar-refractivity contribution in [2.75, 3.05) is 18.2 Å². The van der Waals surface area contributed by atoms with Gasteiger partial charge >= 0.3 is 0 Å². The molecule has 2 amide bonds. The Balaban J connectivity index is 1.45. The Morgan fingerprint density at radius 1 is 1.18 bits per heavy atom. The Bertz CT molecular complexity index is 950. The second-order valence-electron chi connectivity index (χ2n) is 6.84. The van der Waals surface area contributed by atoms with Crippen LogP contribution in [0, 0.1) is 17.6 Å². The predicted molar refractivity (Wildman–Crippen MR) is 95.9 cm³/mol. The van der Waals surface area contributed by atoms with Gasteiger partial charge in [-0.3, -0.25) is 9.59 Å². The van der Waals surface area contributed by atoms with Gasteiger partial charge in [-0.05, 0) is 37.3 Å². The average Bonchev–Trinajstić information content (AvgIpc) is 3.29. The van der Waals surface area contributed by atoms with Gasteiger partial charge in [0, 0.05) is 30.3 Å². The van der Waals surface area contributed by atoms with E-state index in [-0.39, 0.29) is 37.1 Å². The van der Waals surface area contributed by atoms with Crippen molar-refractivity contribution in [3.05, 3.63) is 53.6 Å². The molecule has 0 saturated carbocycles. The lowest BCUT2D eigenvalue weighted by Crippen LogP contribution is -2.35. The molecule has 1 saturated heterocycles. The van der Waals surface area contributed by atoms with Crippen molar-refractivity contribution in [3.8, 4) is 11.5 Å². The summed E-state index contributed by atoms with van der Waals surface area (Å²) in [5.74, 6) is -1.18. The monoisotopic (exact) mass is 388 g/mol. The molecule has 8 heteroatoms. The number of ether oxygens (including phenoxy) is 2. The van der Waals surface area contributed by atoms with Crippen molar-refractivity contribution in [2.45, 2.75) is 19.4 Å². The Hall–Kier alpha value is -3.16. The minimum absolute atomic E-state index is 0.0403. The minimum atomic E-state index is -0.724. The zero-order valence-corrected chi connectivity index (χ0v) is 15.1. The maximum atomic E-state index is 13.9. The number of rotatable bonds is 4. The number of nitrogens with one attached hydrogen (secondary N) is 1. The van der Waals surface area contributed by atoms with Crippen molar-refractivity contribution < 1.29 is 27.8 Å². The van der Waals surface area contributed by atoms with Crippen LogP contribution >= 0.6 is 0 Å². The van der Waals surface area contributed by atoms with E-state index in [1.165, 1.54) is 4.90 Å². The summed E-state index contributed by atoms with van der Waals surface area (Å²) in [6, 6.07) is 7.52. The van der Waals surface area contributed by atoms with Gasteiger partial charge in [0.05, 0.1) is 12.0 Å². The van der Waals surface area contributed by atoms with Crippen LogP contribution in [0.25, 0.3) is 0 Å². The van der Waals surface area contributed by atoms with Gasteiger partial charge in [-0.1, -0.05) is 0 Å². The molecule has 0 bridgehead atoms. The van der Waals surface area contributed by atoms with E-state index in [0.717, 1.165) is 18.2 Å². The fourth-order valence-corrected chi connectivity index (χ4v) is 3.44. The molecule has 1 N–H and O–H groups in total. The second-order valence-corrected chi connectivity index (χ2v) is 6.84. The molecule has 2 unspecified atom stereocenters. The lowest BCUT2D eigenvalue weighted by Gasteiger charge is -2.19. The van der Waals surface area contributed by atoms with E-state index in [4.69, 9.17) is 9.47 Å². The Morgan fingerprint density at radius 2 is 1.96 bits per heavy atom. The first-order valence-electron chi connectivity index (χ1n) is 8.87. The highest BCUT2D eigenvalue weighted by atomic mass is 19.1. The maximum absolute atomic E-state index is 13.9. The number of carbonyl (C=O) groups is 2. The number of fused-ring (bicyclic) bond motifs is 1. The van der Waals surface area contributed by atoms with E-state index >= 15 is 0 Å². The summed E-state index contributed by atoms with van der Waals surface area (Å²) >= 11 is 0. The van der Waals surface area contributed by atoms with Crippen LogP contribution in [0.4, 0.5) is 14.5 Å². The van der Waals surface area contributed by atoms with Crippen LogP contribution in [0.15, 0.2) is 36.4 Å². The molecule has 146 valence electrons. The number of hydrogen-bond acceptors (Lipinski definition) is 4. The van der Waals surface area contributed by atoms with Gasteiger partial charge in [-0.25, -0.2) is 8.78 Å². The van der Waals surface area contributed by atoms with Crippen LogP contribution in [0.1, 0.15) is 24.9 Å². The summed E-state index contributed by atoms with van der Waals surface area (Å²) in [7, 11) is 0. The van der Waals surface area contributed by atoms with Crippen molar-refractivity contribution in [1.82, 2.24) is 5.32 Å². The van der Waals surface area contributed by atoms with Crippen LogP contribution in [0.5, 0.6) is 11.5 Å². The van der Waals surface area contributed by atoms with Crippen molar-refractivity contribution in [3.63, 3.8) is 0 Å². The number of nitrogens with zero attached hydrogens (tertiary/aromatic N) is 1. The number of amides is 2. The largest absolute Gasteiger partial charge is 0.454 e. The van der Waals surface area contributed by atoms with Crippen LogP contribution in [-0.4, -0.2) is 25.2 Å². The smallest absolute Gasteiger partial charge is 0.231 e.